The highest BCUT2D eigenvalue weighted by Crippen LogP contribution is 2.37. The van der Waals surface area contributed by atoms with Gasteiger partial charge in [0.05, 0.1) is 7.11 Å². The van der Waals surface area contributed by atoms with Crippen molar-refractivity contribution in [1.82, 2.24) is 0 Å². The zero-order valence-corrected chi connectivity index (χ0v) is 15.3. The summed E-state index contributed by atoms with van der Waals surface area (Å²) in [6, 6.07) is 6.24. The predicted molar refractivity (Wildman–Crippen MR) is 90.4 cm³/mol. The van der Waals surface area contributed by atoms with E-state index >= 15 is 0 Å². The second-order valence-electron chi connectivity index (χ2n) is 5.22. The highest BCUT2D eigenvalue weighted by atomic mass is 79.9. The van der Waals surface area contributed by atoms with Gasteiger partial charge in [0, 0.05) is 9.80 Å². The summed E-state index contributed by atoms with van der Waals surface area (Å²) in [7, 11) is 1.72. The van der Waals surface area contributed by atoms with E-state index in [2.05, 4.69) is 57.8 Å². The molecule has 0 aliphatic heterocycles. The molecule has 1 nitrogen and oxygen atoms in total. The molecule has 1 rings (SSSR count). The van der Waals surface area contributed by atoms with Gasteiger partial charge in [0.25, 0.3) is 0 Å². The Labute approximate surface area is 134 Å². The van der Waals surface area contributed by atoms with Gasteiger partial charge in [-0.05, 0) is 48.4 Å². The smallest absolute Gasteiger partial charge is 0.119 e. The number of methoxy groups -OCH3 is 1. The highest BCUT2D eigenvalue weighted by Gasteiger charge is 2.27. The summed E-state index contributed by atoms with van der Waals surface area (Å²) in [4.78, 5) is 0. The normalized spacial score (nSPS) is 14.2. The molecule has 0 radical (unpaired) electrons. The fourth-order valence-corrected chi connectivity index (χ4v) is 3.63. The quantitative estimate of drug-likeness (QED) is 0.495. The number of rotatable bonds is 8. The summed E-state index contributed by atoms with van der Waals surface area (Å²) in [6.07, 6.45) is 6.11. The van der Waals surface area contributed by atoms with Crippen molar-refractivity contribution in [2.75, 3.05) is 12.4 Å². The van der Waals surface area contributed by atoms with E-state index in [1.54, 1.807) is 7.11 Å². The van der Waals surface area contributed by atoms with Crippen LogP contribution >= 0.6 is 31.9 Å². The van der Waals surface area contributed by atoms with E-state index in [9.17, 15) is 0 Å². The summed E-state index contributed by atoms with van der Waals surface area (Å²) in [5.41, 5.74) is 1.70. The third kappa shape index (κ3) is 4.78. The molecule has 1 aromatic rings. The fraction of sp³-hybridized carbons (Fsp3) is 0.625. The van der Waals surface area contributed by atoms with Gasteiger partial charge in [-0.25, -0.2) is 0 Å². The molecule has 0 saturated heterocycles. The minimum absolute atomic E-state index is 0.352. The van der Waals surface area contributed by atoms with Gasteiger partial charge in [0.1, 0.15) is 5.75 Å². The highest BCUT2D eigenvalue weighted by molar-refractivity contribution is 9.10. The lowest BCUT2D eigenvalue weighted by Crippen LogP contribution is -2.25. The first kappa shape index (κ1) is 17.0. The summed E-state index contributed by atoms with van der Waals surface area (Å²) < 4.78 is 6.52. The molecule has 108 valence electrons. The molecule has 1 atom stereocenters. The molecule has 0 fully saturated rings. The van der Waals surface area contributed by atoms with E-state index in [-0.39, 0.29) is 0 Å². The molecule has 0 N–H and O–H groups in total. The first-order chi connectivity index (χ1) is 9.10. The maximum atomic E-state index is 5.34. The van der Waals surface area contributed by atoms with Crippen LogP contribution in [-0.4, -0.2) is 12.4 Å². The zero-order chi connectivity index (χ0) is 14.3. The molecule has 19 heavy (non-hydrogen) atoms. The van der Waals surface area contributed by atoms with Crippen LogP contribution in [0.2, 0.25) is 0 Å². The Balaban J connectivity index is 2.95. The first-order valence-electron chi connectivity index (χ1n) is 6.99. The Morgan fingerprint density at radius 2 is 2.00 bits per heavy atom. The number of hydrogen-bond donors (Lipinski definition) is 0. The van der Waals surface area contributed by atoms with E-state index in [4.69, 9.17) is 4.74 Å². The van der Waals surface area contributed by atoms with Crippen molar-refractivity contribution >= 4 is 31.9 Å². The summed E-state index contributed by atoms with van der Waals surface area (Å²) in [6.45, 7) is 4.56. The monoisotopic (exact) mass is 390 g/mol. The Kier molecular flexibility index (Phi) is 7.45. The van der Waals surface area contributed by atoms with Crippen LogP contribution in [0.5, 0.6) is 5.75 Å². The van der Waals surface area contributed by atoms with Crippen molar-refractivity contribution in [3.8, 4) is 5.75 Å². The Morgan fingerprint density at radius 3 is 2.53 bits per heavy atom. The molecule has 0 spiro atoms. The molecule has 0 bridgehead atoms. The number of ether oxygens (including phenoxy) is 1. The van der Waals surface area contributed by atoms with E-state index in [0.29, 0.717) is 5.41 Å². The van der Waals surface area contributed by atoms with Gasteiger partial charge in [0.15, 0.2) is 0 Å². The number of unbranched alkanes of at least 4 members (excludes halogenated alkanes) is 1. The third-order valence-electron chi connectivity index (χ3n) is 3.91. The van der Waals surface area contributed by atoms with Gasteiger partial charge in [-0.15, -0.1) is 0 Å². The Morgan fingerprint density at radius 1 is 1.26 bits per heavy atom. The standard InChI is InChI=1S/C16H24Br2O/c1-4-6-9-16(5-2,12-17)11-13-10-14(19-3)7-8-15(13)18/h7-8,10H,4-6,9,11-12H2,1-3H3. The maximum Gasteiger partial charge on any atom is 0.119 e. The second-order valence-corrected chi connectivity index (χ2v) is 6.64. The fourth-order valence-electron chi connectivity index (χ4n) is 2.37. The average Bonchev–Trinajstić information content (AvgIpc) is 2.45. The zero-order valence-electron chi connectivity index (χ0n) is 12.1. The van der Waals surface area contributed by atoms with Crippen LogP contribution < -0.4 is 4.74 Å². The largest absolute Gasteiger partial charge is 0.497 e. The molecular formula is C16H24Br2O. The SMILES string of the molecule is CCCCC(CC)(CBr)Cc1cc(OC)ccc1Br. The molecule has 0 saturated carbocycles. The third-order valence-corrected chi connectivity index (χ3v) is 5.88. The van der Waals surface area contributed by atoms with Gasteiger partial charge >= 0.3 is 0 Å². The molecule has 0 aliphatic carbocycles. The minimum Gasteiger partial charge on any atom is -0.497 e. The van der Waals surface area contributed by atoms with E-state index in [0.717, 1.165) is 17.5 Å². The van der Waals surface area contributed by atoms with Gasteiger partial charge in [0.2, 0.25) is 0 Å². The topological polar surface area (TPSA) is 9.23 Å². The van der Waals surface area contributed by atoms with Crippen LogP contribution in [0.4, 0.5) is 0 Å². The van der Waals surface area contributed by atoms with Crippen molar-refractivity contribution < 1.29 is 4.74 Å². The minimum atomic E-state index is 0.352. The molecule has 0 aliphatic rings. The van der Waals surface area contributed by atoms with Crippen LogP contribution in [0.15, 0.2) is 22.7 Å². The molecular weight excluding hydrogens is 368 g/mol. The average molecular weight is 392 g/mol. The van der Waals surface area contributed by atoms with E-state index < -0.39 is 0 Å². The molecule has 0 aromatic heterocycles. The number of hydrogen-bond acceptors (Lipinski definition) is 1. The van der Waals surface area contributed by atoms with Crippen LogP contribution in [0, 0.1) is 5.41 Å². The van der Waals surface area contributed by atoms with Crippen LogP contribution in [0.1, 0.15) is 45.1 Å². The maximum absolute atomic E-state index is 5.34. The van der Waals surface area contributed by atoms with Gasteiger partial charge < -0.3 is 4.74 Å². The van der Waals surface area contributed by atoms with Crippen molar-refractivity contribution in [1.29, 1.82) is 0 Å². The first-order valence-corrected chi connectivity index (χ1v) is 8.90. The molecule has 0 heterocycles. The predicted octanol–water partition coefficient (Wildman–Crippen LogP) is 5.98. The molecule has 0 amide bonds. The lowest BCUT2D eigenvalue weighted by atomic mass is 9.77. The summed E-state index contributed by atoms with van der Waals surface area (Å²) in [5, 5.41) is 1.06. The van der Waals surface area contributed by atoms with Crippen LogP contribution in [0.3, 0.4) is 0 Å². The van der Waals surface area contributed by atoms with Crippen molar-refractivity contribution in [3.63, 3.8) is 0 Å². The van der Waals surface area contributed by atoms with Gasteiger partial charge in [-0.3, -0.25) is 0 Å². The van der Waals surface area contributed by atoms with Crippen molar-refractivity contribution in [2.45, 2.75) is 46.0 Å². The van der Waals surface area contributed by atoms with Crippen molar-refractivity contribution in [3.05, 3.63) is 28.2 Å². The van der Waals surface area contributed by atoms with Gasteiger partial charge in [-0.2, -0.15) is 0 Å². The lowest BCUT2D eigenvalue weighted by Gasteiger charge is -2.31. The lowest BCUT2D eigenvalue weighted by molar-refractivity contribution is 0.283. The number of halogens is 2. The molecule has 3 heteroatoms. The van der Waals surface area contributed by atoms with E-state index in [1.807, 2.05) is 6.07 Å². The Hall–Kier alpha value is -0.0200. The van der Waals surface area contributed by atoms with Crippen LogP contribution in [-0.2, 0) is 6.42 Å². The molecule has 1 aromatic carbocycles. The number of benzene rings is 1. The summed E-state index contributed by atoms with van der Waals surface area (Å²) in [5.74, 6) is 0.938. The molecule has 1 unspecified atom stereocenters. The van der Waals surface area contributed by atoms with E-state index in [1.165, 1.54) is 35.7 Å². The number of alkyl halides is 1. The summed E-state index contributed by atoms with van der Waals surface area (Å²) >= 11 is 7.40. The van der Waals surface area contributed by atoms with Gasteiger partial charge in [-0.1, -0.05) is 58.5 Å². The van der Waals surface area contributed by atoms with Crippen molar-refractivity contribution in [2.24, 2.45) is 5.41 Å². The van der Waals surface area contributed by atoms with Crippen LogP contribution in [0.25, 0.3) is 0 Å². The second kappa shape index (κ2) is 8.31. The Bertz CT molecular complexity index is 386.